The first-order chi connectivity index (χ1) is 7.48. The summed E-state index contributed by atoms with van der Waals surface area (Å²) in [6.45, 7) is 12.4. The van der Waals surface area contributed by atoms with E-state index in [0.29, 0.717) is 12.5 Å². The standard InChI is InChI=1S/C13H23N3/c1-5-8-16-11-13(2,3)10-15(4)9-12(16)6-7-14/h5,12H,1,6,8-11H2,2-4H3. The van der Waals surface area contributed by atoms with E-state index >= 15 is 0 Å². The first kappa shape index (κ1) is 13.2. The van der Waals surface area contributed by atoms with Crippen LogP contribution >= 0.6 is 0 Å². The Morgan fingerprint density at radius 2 is 2.19 bits per heavy atom. The van der Waals surface area contributed by atoms with Gasteiger partial charge in [0.25, 0.3) is 0 Å². The second-order valence-electron chi connectivity index (χ2n) is 5.60. The minimum atomic E-state index is 0.280. The molecule has 90 valence electrons. The summed E-state index contributed by atoms with van der Waals surface area (Å²) in [5, 5.41) is 8.89. The van der Waals surface area contributed by atoms with E-state index in [1.54, 1.807) is 0 Å². The molecular weight excluding hydrogens is 198 g/mol. The molecule has 0 spiro atoms. The van der Waals surface area contributed by atoms with Gasteiger partial charge in [0.05, 0.1) is 12.5 Å². The summed E-state index contributed by atoms with van der Waals surface area (Å²) in [5.74, 6) is 0. The molecular formula is C13H23N3. The number of hydrogen-bond donors (Lipinski definition) is 0. The molecule has 0 aromatic heterocycles. The van der Waals surface area contributed by atoms with E-state index in [2.05, 4.69) is 43.3 Å². The summed E-state index contributed by atoms with van der Waals surface area (Å²) in [6, 6.07) is 2.64. The third kappa shape index (κ3) is 3.62. The molecule has 3 nitrogen and oxygen atoms in total. The largest absolute Gasteiger partial charge is 0.304 e. The lowest BCUT2D eigenvalue weighted by Gasteiger charge is -2.32. The van der Waals surface area contributed by atoms with Crippen molar-refractivity contribution in [3.63, 3.8) is 0 Å². The van der Waals surface area contributed by atoms with Gasteiger partial charge in [0.15, 0.2) is 0 Å². The molecule has 0 aromatic carbocycles. The van der Waals surface area contributed by atoms with Gasteiger partial charge in [-0.15, -0.1) is 6.58 Å². The highest BCUT2D eigenvalue weighted by Crippen LogP contribution is 2.24. The Morgan fingerprint density at radius 3 is 2.75 bits per heavy atom. The van der Waals surface area contributed by atoms with Crippen molar-refractivity contribution >= 4 is 0 Å². The number of nitrogens with zero attached hydrogens (tertiary/aromatic N) is 3. The highest BCUT2D eigenvalue weighted by molar-refractivity contribution is 4.93. The van der Waals surface area contributed by atoms with Crippen molar-refractivity contribution in [1.29, 1.82) is 5.26 Å². The maximum Gasteiger partial charge on any atom is 0.0638 e. The maximum absolute atomic E-state index is 8.89. The van der Waals surface area contributed by atoms with E-state index < -0.39 is 0 Å². The van der Waals surface area contributed by atoms with Crippen molar-refractivity contribution < 1.29 is 0 Å². The van der Waals surface area contributed by atoms with E-state index in [4.69, 9.17) is 5.26 Å². The summed E-state index contributed by atoms with van der Waals surface area (Å²) < 4.78 is 0. The van der Waals surface area contributed by atoms with Gasteiger partial charge in [0, 0.05) is 32.2 Å². The van der Waals surface area contributed by atoms with Gasteiger partial charge in [-0.1, -0.05) is 19.9 Å². The molecule has 0 aromatic rings. The monoisotopic (exact) mass is 221 g/mol. The van der Waals surface area contributed by atoms with Crippen LogP contribution in [0.1, 0.15) is 20.3 Å². The number of likely N-dealkylation sites (N-methyl/N-ethyl adjacent to an activating group) is 1. The second kappa shape index (κ2) is 5.47. The average molecular weight is 221 g/mol. The molecule has 0 radical (unpaired) electrons. The average Bonchev–Trinajstić information content (AvgIpc) is 2.24. The van der Waals surface area contributed by atoms with Gasteiger partial charge >= 0.3 is 0 Å². The molecule has 1 saturated heterocycles. The molecule has 1 rings (SSSR count). The fourth-order valence-corrected chi connectivity index (χ4v) is 2.68. The topological polar surface area (TPSA) is 30.3 Å². The quantitative estimate of drug-likeness (QED) is 0.680. The van der Waals surface area contributed by atoms with Crippen LogP contribution in [0.2, 0.25) is 0 Å². The van der Waals surface area contributed by atoms with Gasteiger partial charge in [-0.3, -0.25) is 4.90 Å². The number of hydrogen-bond acceptors (Lipinski definition) is 3. The summed E-state index contributed by atoms with van der Waals surface area (Å²) in [6.07, 6.45) is 2.54. The Morgan fingerprint density at radius 1 is 1.50 bits per heavy atom. The second-order valence-corrected chi connectivity index (χ2v) is 5.60. The van der Waals surface area contributed by atoms with E-state index in [-0.39, 0.29) is 5.41 Å². The SMILES string of the molecule is C=CCN1CC(C)(C)CN(C)CC1CC#N. The zero-order valence-corrected chi connectivity index (χ0v) is 10.7. The molecule has 0 bridgehead atoms. The molecule has 3 heteroatoms. The van der Waals surface area contributed by atoms with Gasteiger partial charge in [-0.25, -0.2) is 0 Å². The lowest BCUT2D eigenvalue weighted by molar-refractivity contribution is 0.175. The Hall–Kier alpha value is -0.850. The highest BCUT2D eigenvalue weighted by Gasteiger charge is 2.31. The normalized spacial score (nSPS) is 27.0. The molecule has 16 heavy (non-hydrogen) atoms. The number of nitriles is 1. The molecule has 1 aliphatic rings. The zero-order chi connectivity index (χ0) is 12.2. The molecule has 1 atom stereocenters. The summed E-state index contributed by atoms with van der Waals surface area (Å²) in [4.78, 5) is 4.73. The van der Waals surface area contributed by atoms with E-state index in [1.807, 2.05) is 6.08 Å². The molecule has 0 amide bonds. The van der Waals surface area contributed by atoms with Crippen molar-refractivity contribution in [1.82, 2.24) is 9.80 Å². The van der Waals surface area contributed by atoms with Crippen LogP contribution in [0.5, 0.6) is 0 Å². The lowest BCUT2D eigenvalue weighted by Crippen LogP contribution is -2.41. The van der Waals surface area contributed by atoms with Crippen LogP contribution in [-0.2, 0) is 0 Å². The predicted molar refractivity (Wildman–Crippen MR) is 67.1 cm³/mol. The predicted octanol–water partition coefficient (Wildman–Crippen LogP) is 1.73. The minimum absolute atomic E-state index is 0.280. The van der Waals surface area contributed by atoms with Crippen molar-refractivity contribution in [2.75, 3.05) is 33.2 Å². The van der Waals surface area contributed by atoms with Crippen LogP contribution in [0.3, 0.4) is 0 Å². The fourth-order valence-electron chi connectivity index (χ4n) is 2.68. The summed E-state index contributed by atoms with van der Waals surface area (Å²) >= 11 is 0. The molecule has 1 aliphatic heterocycles. The van der Waals surface area contributed by atoms with Crippen LogP contribution in [0, 0.1) is 16.7 Å². The molecule has 0 N–H and O–H groups in total. The summed E-state index contributed by atoms with van der Waals surface area (Å²) in [5.41, 5.74) is 0.280. The zero-order valence-electron chi connectivity index (χ0n) is 10.7. The highest BCUT2D eigenvalue weighted by atomic mass is 15.2. The molecule has 1 unspecified atom stereocenters. The first-order valence-electron chi connectivity index (χ1n) is 5.89. The Bertz CT molecular complexity index is 277. The minimum Gasteiger partial charge on any atom is -0.304 e. The lowest BCUT2D eigenvalue weighted by atomic mass is 9.92. The fraction of sp³-hybridized carbons (Fsp3) is 0.769. The Kier molecular flexibility index (Phi) is 4.52. The molecule has 0 aliphatic carbocycles. The van der Waals surface area contributed by atoms with E-state index in [9.17, 15) is 0 Å². The van der Waals surface area contributed by atoms with Crippen molar-refractivity contribution in [3.8, 4) is 6.07 Å². The van der Waals surface area contributed by atoms with Crippen molar-refractivity contribution in [2.45, 2.75) is 26.3 Å². The van der Waals surface area contributed by atoms with Crippen LogP contribution in [-0.4, -0.2) is 49.1 Å². The number of rotatable bonds is 3. The first-order valence-corrected chi connectivity index (χ1v) is 5.89. The molecule has 0 saturated carbocycles. The van der Waals surface area contributed by atoms with E-state index in [1.165, 1.54) is 0 Å². The molecule has 1 fully saturated rings. The van der Waals surface area contributed by atoms with Crippen molar-refractivity contribution in [2.24, 2.45) is 5.41 Å². The third-order valence-electron chi connectivity index (χ3n) is 3.06. The van der Waals surface area contributed by atoms with Gasteiger partial charge in [-0.05, 0) is 12.5 Å². The van der Waals surface area contributed by atoms with Crippen molar-refractivity contribution in [3.05, 3.63) is 12.7 Å². The van der Waals surface area contributed by atoms with Crippen LogP contribution in [0.25, 0.3) is 0 Å². The van der Waals surface area contributed by atoms with Crippen LogP contribution < -0.4 is 0 Å². The van der Waals surface area contributed by atoms with Gasteiger partial charge in [-0.2, -0.15) is 5.26 Å². The smallest absolute Gasteiger partial charge is 0.0638 e. The Labute approximate surface area is 99.3 Å². The van der Waals surface area contributed by atoms with Gasteiger partial charge in [0.2, 0.25) is 0 Å². The third-order valence-corrected chi connectivity index (χ3v) is 3.06. The molecule has 1 heterocycles. The van der Waals surface area contributed by atoms with Gasteiger partial charge in [0.1, 0.15) is 0 Å². The van der Waals surface area contributed by atoms with E-state index in [0.717, 1.165) is 26.2 Å². The maximum atomic E-state index is 8.89. The van der Waals surface area contributed by atoms with Crippen LogP contribution in [0.15, 0.2) is 12.7 Å². The van der Waals surface area contributed by atoms with Gasteiger partial charge < -0.3 is 4.90 Å². The summed E-state index contributed by atoms with van der Waals surface area (Å²) in [7, 11) is 2.14. The Balaban J connectivity index is 2.81. The van der Waals surface area contributed by atoms with Crippen LogP contribution in [0.4, 0.5) is 0 Å².